The van der Waals surface area contributed by atoms with Crippen LogP contribution >= 0.6 is 24.0 Å². The monoisotopic (exact) mass is 405 g/mol. The third-order valence-corrected chi connectivity index (χ3v) is 3.21. The van der Waals surface area contributed by atoms with Gasteiger partial charge in [0.25, 0.3) is 0 Å². The molecule has 4 nitrogen and oxygen atoms in total. The van der Waals surface area contributed by atoms with Crippen LogP contribution in [-0.2, 0) is 6.42 Å². The van der Waals surface area contributed by atoms with Gasteiger partial charge < -0.3 is 14.6 Å². The van der Waals surface area contributed by atoms with Gasteiger partial charge >= 0.3 is 0 Å². The zero-order valence-corrected chi connectivity index (χ0v) is 15.5. The summed E-state index contributed by atoms with van der Waals surface area (Å²) in [4.78, 5) is 6.48. The van der Waals surface area contributed by atoms with E-state index < -0.39 is 0 Å². The molecule has 1 aromatic heterocycles. The fourth-order valence-corrected chi connectivity index (χ4v) is 2.06. The Morgan fingerprint density at radius 1 is 1.43 bits per heavy atom. The number of unbranched alkanes of at least 4 members (excludes halogenated alkanes) is 3. The van der Waals surface area contributed by atoms with E-state index in [-0.39, 0.29) is 24.0 Å². The first kappa shape index (κ1) is 20.0. The SMILES string of the molecule is C=CCCCCCN(C)C(=NC)NCCc1ccco1.I. The van der Waals surface area contributed by atoms with Crippen molar-refractivity contribution in [3.63, 3.8) is 0 Å². The topological polar surface area (TPSA) is 40.8 Å². The Morgan fingerprint density at radius 2 is 2.24 bits per heavy atom. The molecular weight excluding hydrogens is 377 g/mol. The second-order valence-electron chi connectivity index (χ2n) is 4.86. The van der Waals surface area contributed by atoms with Crippen LogP contribution in [0.1, 0.15) is 31.4 Å². The van der Waals surface area contributed by atoms with Gasteiger partial charge in [0.05, 0.1) is 6.26 Å². The van der Waals surface area contributed by atoms with E-state index >= 15 is 0 Å². The molecule has 21 heavy (non-hydrogen) atoms. The normalized spacial score (nSPS) is 10.9. The Kier molecular flexibility index (Phi) is 12.1. The van der Waals surface area contributed by atoms with Crippen molar-refractivity contribution in [3.8, 4) is 0 Å². The molecule has 120 valence electrons. The highest BCUT2D eigenvalue weighted by Gasteiger charge is 2.05. The third kappa shape index (κ3) is 8.80. The maximum Gasteiger partial charge on any atom is 0.193 e. The number of allylic oxidation sites excluding steroid dienone is 1. The van der Waals surface area contributed by atoms with Crippen LogP contribution in [0.5, 0.6) is 0 Å². The molecule has 0 bridgehead atoms. The molecule has 1 N–H and O–H groups in total. The van der Waals surface area contributed by atoms with Gasteiger partial charge in [-0.05, 0) is 31.4 Å². The number of guanidine groups is 1. The molecule has 0 saturated carbocycles. The fourth-order valence-electron chi connectivity index (χ4n) is 2.06. The predicted molar refractivity (Wildman–Crippen MR) is 100 cm³/mol. The molecule has 0 spiro atoms. The Balaban J connectivity index is 0.00000400. The van der Waals surface area contributed by atoms with Crippen molar-refractivity contribution in [1.29, 1.82) is 0 Å². The molecule has 0 aliphatic heterocycles. The minimum absolute atomic E-state index is 0. The molecule has 1 aromatic rings. The van der Waals surface area contributed by atoms with E-state index in [4.69, 9.17) is 4.42 Å². The first-order chi connectivity index (χ1) is 9.77. The zero-order valence-electron chi connectivity index (χ0n) is 13.2. The zero-order chi connectivity index (χ0) is 14.6. The van der Waals surface area contributed by atoms with Crippen molar-refractivity contribution in [2.45, 2.75) is 32.1 Å². The van der Waals surface area contributed by atoms with Crippen LogP contribution in [0.25, 0.3) is 0 Å². The summed E-state index contributed by atoms with van der Waals surface area (Å²) < 4.78 is 5.31. The molecule has 0 aromatic carbocycles. The summed E-state index contributed by atoms with van der Waals surface area (Å²) >= 11 is 0. The molecule has 0 aliphatic rings. The smallest absolute Gasteiger partial charge is 0.193 e. The van der Waals surface area contributed by atoms with Gasteiger partial charge in [0, 0.05) is 33.6 Å². The van der Waals surface area contributed by atoms with Crippen molar-refractivity contribution in [1.82, 2.24) is 10.2 Å². The Bertz CT molecular complexity index is 390. The lowest BCUT2D eigenvalue weighted by Crippen LogP contribution is -2.40. The van der Waals surface area contributed by atoms with Crippen LogP contribution in [0.15, 0.2) is 40.5 Å². The molecule has 0 atom stereocenters. The van der Waals surface area contributed by atoms with Crippen LogP contribution < -0.4 is 5.32 Å². The van der Waals surface area contributed by atoms with Crippen molar-refractivity contribution in [2.24, 2.45) is 4.99 Å². The fraction of sp³-hybridized carbons (Fsp3) is 0.562. The summed E-state index contributed by atoms with van der Waals surface area (Å²) in [6, 6.07) is 3.91. The van der Waals surface area contributed by atoms with Gasteiger partial charge in [-0.25, -0.2) is 0 Å². The predicted octanol–water partition coefficient (Wildman–Crippen LogP) is 3.69. The van der Waals surface area contributed by atoms with E-state index in [1.807, 2.05) is 25.3 Å². The van der Waals surface area contributed by atoms with Gasteiger partial charge in [-0.15, -0.1) is 30.6 Å². The highest BCUT2D eigenvalue weighted by atomic mass is 127. The van der Waals surface area contributed by atoms with Crippen molar-refractivity contribution in [3.05, 3.63) is 36.8 Å². The second-order valence-corrected chi connectivity index (χ2v) is 4.86. The Labute approximate surface area is 145 Å². The highest BCUT2D eigenvalue weighted by Crippen LogP contribution is 2.02. The molecule has 0 saturated heterocycles. The number of nitrogens with one attached hydrogen (secondary N) is 1. The summed E-state index contributed by atoms with van der Waals surface area (Å²) in [7, 11) is 3.90. The molecule has 5 heteroatoms. The standard InChI is InChI=1S/C16H27N3O.HI/c1-4-5-6-7-8-13-19(3)16(17-2)18-12-11-15-10-9-14-20-15;/h4,9-10,14H,1,5-8,11-13H2,2-3H3,(H,17,18);1H. The first-order valence-corrected chi connectivity index (χ1v) is 7.33. The number of furan rings is 1. The molecule has 0 unspecified atom stereocenters. The van der Waals surface area contributed by atoms with E-state index in [0.717, 1.165) is 37.7 Å². The Morgan fingerprint density at radius 3 is 2.86 bits per heavy atom. The Hall–Kier alpha value is -0.980. The quantitative estimate of drug-likeness (QED) is 0.224. The molecule has 1 rings (SSSR count). The van der Waals surface area contributed by atoms with E-state index in [0.29, 0.717) is 0 Å². The number of aliphatic imine (C=N–C) groups is 1. The van der Waals surface area contributed by atoms with Gasteiger partial charge in [-0.3, -0.25) is 4.99 Å². The minimum Gasteiger partial charge on any atom is -0.469 e. The molecule has 0 fully saturated rings. The van der Waals surface area contributed by atoms with E-state index in [9.17, 15) is 0 Å². The average Bonchev–Trinajstić information content (AvgIpc) is 2.96. The van der Waals surface area contributed by atoms with Crippen LogP contribution in [0.4, 0.5) is 0 Å². The largest absolute Gasteiger partial charge is 0.469 e. The lowest BCUT2D eigenvalue weighted by atomic mass is 10.2. The summed E-state index contributed by atoms with van der Waals surface area (Å²) in [5, 5.41) is 3.36. The van der Waals surface area contributed by atoms with Crippen LogP contribution in [0.3, 0.4) is 0 Å². The first-order valence-electron chi connectivity index (χ1n) is 7.33. The second kappa shape index (κ2) is 12.7. The maximum atomic E-state index is 5.31. The summed E-state index contributed by atoms with van der Waals surface area (Å²) in [5.41, 5.74) is 0. The van der Waals surface area contributed by atoms with Crippen molar-refractivity contribution in [2.75, 3.05) is 27.2 Å². The van der Waals surface area contributed by atoms with Gasteiger partial charge in [0.2, 0.25) is 0 Å². The lowest BCUT2D eigenvalue weighted by molar-refractivity contribution is 0.452. The van der Waals surface area contributed by atoms with Crippen molar-refractivity contribution >= 4 is 29.9 Å². The highest BCUT2D eigenvalue weighted by molar-refractivity contribution is 14.0. The molecular formula is C16H28IN3O. The molecule has 0 aliphatic carbocycles. The average molecular weight is 405 g/mol. The minimum atomic E-state index is 0. The van der Waals surface area contributed by atoms with E-state index in [1.165, 1.54) is 19.3 Å². The van der Waals surface area contributed by atoms with Gasteiger partial charge in [0.1, 0.15) is 5.76 Å². The summed E-state index contributed by atoms with van der Waals surface area (Å²) in [6.45, 7) is 5.60. The third-order valence-electron chi connectivity index (χ3n) is 3.21. The van der Waals surface area contributed by atoms with Gasteiger partial charge in [-0.1, -0.05) is 12.5 Å². The number of rotatable bonds is 9. The number of halogens is 1. The van der Waals surface area contributed by atoms with E-state index in [2.05, 4.69) is 28.8 Å². The summed E-state index contributed by atoms with van der Waals surface area (Å²) in [5.74, 6) is 1.94. The van der Waals surface area contributed by atoms with Crippen molar-refractivity contribution < 1.29 is 4.42 Å². The molecule has 1 heterocycles. The van der Waals surface area contributed by atoms with Gasteiger partial charge in [0.15, 0.2) is 5.96 Å². The van der Waals surface area contributed by atoms with E-state index in [1.54, 1.807) is 6.26 Å². The maximum absolute atomic E-state index is 5.31. The van der Waals surface area contributed by atoms with Crippen LogP contribution in [-0.4, -0.2) is 38.0 Å². The van der Waals surface area contributed by atoms with Gasteiger partial charge in [-0.2, -0.15) is 0 Å². The number of hydrogen-bond donors (Lipinski definition) is 1. The number of hydrogen-bond acceptors (Lipinski definition) is 2. The van der Waals surface area contributed by atoms with Crippen LogP contribution in [0, 0.1) is 0 Å². The molecule has 0 amide bonds. The van der Waals surface area contributed by atoms with Crippen LogP contribution in [0.2, 0.25) is 0 Å². The summed E-state index contributed by atoms with van der Waals surface area (Å²) in [6.07, 6.45) is 9.32. The lowest BCUT2D eigenvalue weighted by Gasteiger charge is -2.21. The molecule has 0 radical (unpaired) electrons. The number of nitrogens with zero attached hydrogens (tertiary/aromatic N) is 2.